The topological polar surface area (TPSA) is 27.1 Å². The zero-order valence-corrected chi connectivity index (χ0v) is 12.5. The van der Waals surface area contributed by atoms with Gasteiger partial charge in [0.05, 0.1) is 11.0 Å². The minimum Gasteiger partial charge on any atom is -0.381 e. The molecular weight excluding hydrogens is 279 g/mol. The number of rotatable bonds is 8. The Kier molecular flexibility index (Phi) is 5.80. The molecule has 1 aromatic heterocycles. The molecule has 3 nitrogen and oxygen atoms in total. The summed E-state index contributed by atoms with van der Waals surface area (Å²) in [6.45, 7) is 4.36. The second kappa shape index (κ2) is 7.60. The van der Waals surface area contributed by atoms with Gasteiger partial charge in [-0.1, -0.05) is 6.92 Å². The monoisotopic (exact) mass is 298 g/mol. The number of benzene rings is 1. The number of aromatic nitrogens is 2. The van der Waals surface area contributed by atoms with Gasteiger partial charge >= 0.3 is 0 Å². The van der Waals surface area contributed by atoms with Crippen LogP contribution in [0.4, 0.5) is 4.39 Å². The fraction of sp³-hybridized carbons (Fsp3) is 0.533. The zero-order valence-electron chi connectivity index (χ0n) is 11.7. The Labute approximate surface area is 123 Å². The predicted octanol–water partition coefficient (Wildman–Crippen LogP) is 3.77. The average molecular weight is 299 g/mol. The highest BCUT2D eigenvalue weighted by molar-refractivity contribution is 6.17. The molecule has 0 saturated heterocycles. The van der Waals surface area contributed by atoms with E-state index in [1.165, 1.54) is 12.1 Å². The fourth-order valence-electron chi connectivity index (χ4n) is 2.24. The number of alkyl halides is 1. The molecule has 2 aromatic rings. The van der Waals surface area contributed by atoms with E-state index in [-0.39, 0.29) is 5.82 Å². The van der Waals surface area contributed by atoms with Crippen LogP contribution in [-0.2, 0) is 17.7 Å². The molecule has 5 heteroatoms. The van der Waals surface area contributed by atoms with E-state index in [1.807, 2.05) is 0 Å². The van der Waals surface area contributed by atoms with E-state index in [2.05, 4.69) is 16.5 Å². The standard InChI is InChI=1S/C15H20ClFN2O/c1-2-9-20-10-3-8-19-14-11-12(17)4-5-13(14)18-15(19)6-7-16/h4-5,11H,2-3,6-10H2,1H3. The van der Waals surface area contributed by atoms with Gasteiger partial charge in [0.25, 0.3) is 0 Å². The molecule has 0 saturated carbocycles. The van der Waals surface area contributed by atoms with E-state index in [0.717, 1.165) is 42.9 Å². The van der Waals surface area contributed by atoms with Crippen molar-refractivity contribution < 1.29 is 9.13 Å². The Bertz CT molecular complexity index is 556. The molecule has 0 radical (unpaired) electrons. The summed E-state index contributed by atoms with van der Waals surface area (Å²) < 4.78 is 20.9. The SMILES string of the molecule is CCCOCCCn1c(CCCl)nc2ccc(F)cc21. The molecule has 0 spiro atoms. The summed E-state index contributed by atoms with van der Waals surface area (Å²) in [4.78, 5) is 4.53. The average Bonchev–Trinajstić information content (AvgIpc) is 2.76. The van der Waals surface area contributed by atoms with Crippen molar-refractivity contribution in [3.05, 3.63) is 29.8 Å². The zero-order chi connectivity index (χ0) is 14.4. The lowest BCUT2D eigenvalue weighted by Gasteiger charge is -2.09. The van der Waals surface area contributed by atoms with Gasteiger partial charge in [-0.05, 0) is 31.0 Å². The maximum atomic E-state index is 13.4. The van der Waals surface area contributed by atoms with Gasteiger partial charge in [-0.25, -0.2) is 9.37 Å². The van der Waals surface area contributed by atoms with Gasteiger partial charge in [0.1, 0.15) is 11.6 Å². The molecular formula is C15H20ClFN2O. The van der Waals surface area contributed by atoms with Crippen LogP contribution >= 0.6 is 11.6 Å². The number of aryl methyl sites for hydroxylation is 2. The lowest BCUT2D eigenvalue weighted by molar-refractivity contribution is 0.129. The lowest BCUT2D eigenvalue weighted by atomic mass is 10.3. The maximum absolute atomic E-state index is 13.4. The molecule has 20 heavy (non-hydrogen) atoms. The highest BCUT2D eigenvalue weighted by Crippen LogP contribution is 2.19. The Morgan fingerprint density at radius 1 is 1.35 bits per heavy atom. The molecule has 0 unspecified atom stereocenters. The normalized spacial score (nSPS) is 11.3. The summed E-state index contributed by atoms with van der Waals surface area (Å²) in [5, 5.41) is 0. The first-order chi connectivity index (χ1) is 9.76. The highest BCUT2D eigenvalue weighted by Gasteiger charge is 2.10. The van der Waals surface area contributed by atoms with E-state index in [0.29, 0.717) is 18.9 Å². The third-order valence-electron chi connectivity index (χ3n) is 3.13. The van der Waals surface area contributed by atoms with E-state index < -0.39 is 0 Å². The minimum atomic E-state index is -0.238. The van der Waals surface area contributed by atoms with Gasteiger partial charge in [-0.3, -0.25) is 0 Å². The summed E-state index contributed by atoms with van der Waals surface area (Å²) >= 11 is 5.82. The number of hydrogen-bond acceptors (Lipinski definition) is 2. The molecule has 2 rings (SSSR count). The van der Waals surface area contributed by atoms with E-state index in [4.69, 9.17) is 16.3 Å². The van der Waals surface area contributed by atoms with Crippen LogP contribution in [0.25, 0.3) is 11.0 Å². The van der Waals surface area contributed by atoms with Gasteiger partial charge in [0.15, 0.2) is 0 Å². The van der Waals surface area contributed by atoms with Crippen molar-refractivity contribution >= 4 is 22.6 Å². The van der Waals surface area contributed by atoms with Crippen molar-refractivity contribution in [1.82, 2.24) is 9.55 Å². The van der Waals surface area contributed by atoms with Gasteiger partial charge in [-0.15, -0.1) is 11.6 Å². The number of imidazole rings is 1. The molecule has 0 bridgehead atoms. The van der Waals surface area contributed by atoms with Crippen LogP contribution in [0.15, 0.2) is 18.2 Å². The van der Waals surface area contributed by atoms with Crippen LogP contribution < -0.4 is 0 Å². The molecule has 1 heterocycles. The van der Waals surface area contributed by atoms with E-state index in [9.17, 15) is 4.39 Å². The number of hydrogen-bond donors (Lipinski definition) is 0. The van der Waals surface area contributed by atoms with Crippen molar-refractivity contribution in [2.75, 3.05) is 19.1 Å². The van der Waals surface area contributed by atoms with E-state index >= 15 is 0 Å². The minimum absolute atomic E-state index is 0.238. The fourth-order valence-corrected chi connectivity index (χ4v) is 2.41. The summed E-state index contributed by atoms with van der Waals surface area (Å²) in [6.07, 6.45) is 2.60. The Balaban J connectivity index is 2.15. The smallest absolute Gasteiger partial charge is 0.125 e. The molecule has 0 atom stereocenters. The van der Waals surface area contributed by atoms with Gasteiger partial charge < -0.3 is 9.30 Å². The largest absolute Gasteiger partial charge is 0.381 e. The van der Waals surface area contributed by atoms with Gasteiger partial charge in [-0.2, -0.15) is 0 Å². The second-order valence-corrected chi connectivity index (χ2v) is 5.10. The van der Waals surface area contributed by atoms with Crippen molar-refractivity contribution in [1.29, 1.82) is 0 Å². The molecule has 1 aromatic carbocycles. The first kappa shape index (κ1) is 15.3. The predicted molar refractivity (Wildman–Crippen MR) is 79.8 cm³/mol. The highest BCUT2D eigenvalue weighted by atomic mass is 35.5. The molecule has 0 aliphatic heterocycles. The Hall–Kier alpha value is -1.13. The third-order valence-corrected chi connectivity index (χ3v) is 3.32. The van der Waals surface area contributed by atoms with Crippen molar-refractivity contribution in [2.24, 2.45) is 0 Å². The first-order valence-corrected chi connectivity index (χ1v) is 7.58. The Morgan fingerprint density at radius 2 is 2.20 bits per heavy atom. The molecule has 0 amide bonds. The first-order valence-electron chi connectivity index (χ1n) is 7.04. The van der Waals surface area contributed by atoms with Crippen molar-refractivity contribution in [3.8, 4) is 0 Å². The summed E-state index contributed by atoms with van der Waals surface area (Å²) in [7, 11) is 0. The van der Waals surface area contributed by atoms with Gasteiger partial charge in [0, 0.05) is 32.1 Å². The lowest BCUT2D eigenvalue weighted by Crippen LogP contribution is -2.07. The molecule has 110 valence electrons. The maximum Gasteiger partial charge on any atom is 0.125 e. The molecule has 0 fully saturated rings. The number of ether oxygens (including phenoxy) is 1. The van der Waals surface area contributed by atoms with Crippen LogP contribution in [-0.4, -0.2) is 28.6 Å². The summed E-state index contributed by atoms with van der Waals surface area (Å²) in [5.41, 5.74) is 1.65. The van der Waals surface area contributed by atoms with Crippen LogP contribution in [0.1, 0.15) is 25.6 Å². The van der Waals surface area contributed by atoms with E-state index in [1.54, 1.807) is 6.07 Å². The van der Waals surface area contributed by atoms with Crippen LogP contribution in [0.2, 0.25) is 0 Å². The summed E-state index contributed by atoms with van der Waals surface area (Å²) in [5.74, 6) is 1.19. The second-order valence-electron chi connectivity index (χ2n) is 4.72. The van der Waals surface area contributed by atoms with Crippen LogP contribution in [0, 0.1) is 5.82 Å². The molecule has 0 aliphatic rings. The van der Waals surface area contributed by atoms with Crippen molar-refractivity contribution in [3.63, 3.8) is 0 Å². The van der Waals surface area contributed by atoms with Crippen LogP contribution in [0.5, 0.6) is 0 Å². The van der Waals surface area contributed by atoms with Gasteiger partial charge in [0.2, 0.25) is 0 Å². The quantitative estimate of drug-likeness (QED) is 0.548. The summed E-state index contributed by atoms with van der Waals surface area (Å²) in [6, 6.07) is 4.69. The number of nitrogens with zero attached hydrogens (tertiary/aromatic N) is 2. The van der Waals surface area contributed by atoms with Crippen molar-refractivity contribution in [2.45, 2.75) is 32.7 Å². The number of fused-ring (bicyclic) bond motifs is 1. The molecule has 0 N–H and O–H groups in total. The van der Waals surface area contributed by atoms with Crippen LogP contribution in [0.3, 0.4) is 0 Å². The molecule has 0 aliphatic carbocycles. The number of halogens is 2. The Morgan fingerprint density at radius 3 is 2.95 bits per heavy atom. The third kappa shape index (κ3) is 3.70.